The second kappa shape index (κ2) is 7.02. The fourth-order valence-electron chi connectivity index (χ4n) is 3.93. The smallest absolute Gasteiger partial charge is 0.244 e. The SMILES string of the molecule is CC(O)C1CCCN(C(C)C(=O)N2CCCc3ccccc32)C1. The van der Waals surface area contributed by atoms with Gasteiger partial charge in [-0.1, -0.05) is 18.2 Å². The summed E-state index contributed by atoms with van der Waals surface area (Å²) in [5, 5.41) is 9.87. The van der Waals surface area contributed by atoms with E-state index in [1.54, 1.807) is 0 Å². The molecule has 1 aromatic rings. The minimum absolute atomic E-state index is 0.122. The monoisotopic (exact) mass is 316 g/mol. The van der Waals surface area contributed by atoms with E-state index in [1.807, 2.05) is 30.9 Å². The van der Waals surface area contributed by atoms with Crippen molar-refractivity contribution in [3.8, 4) is 0 Å². The molecule has 4 nitrogen and oxygen atoms in total. The molecule has 2 aliphatic rings. The highest BCUT2D eigenvalue weighted by molar-refractivity contribution is 5.98. The van der Waals surface area contributed by atoms with Crippen LogP contribution in [0.15, 0.2) is 24.3 Å². The maximum atomic E-state index is 13.1. The Morgan fingerprint density at radius 3 is 2.78 bits per heavy atom. The Morgan fingerprint density at radius 1 is 1.22 bits per heavy atom. The highest BCUT2D eigenvalue weighted by Gasteiger charge is 2.33. The number of carbonyl (C=O) groups excluding carboxylic acids is 1. The van der Waals surface area contributed by atoms with Gasteiger partial charge < -0.3 is 10.0 Å². The zero-order valence-electron chi connectivity index (χ0n) is 14.2. The highest BCUT2D eigenvalue weighted by atomic mass is 16.3. The third-order valence-corrected chi connectivity index (χ3v) is 5.45. The predicted octanol–water partition coefficient (Wildman–Crippen LogP) is 2.45. The zero-order valence-corrected chi connectivity index (χ0v) is 14.2. The molecule has 2 heterocycles. The number of aliphatic hydroxyl groups excluding tert-OH is 1. The number of amides is 1. The molecule has 4 heteroatoms. The molecule has 0 bridgehead atoms. The fourth-order valence-corrected chi connectivity index (χ4v) is 3.93. The zero-order chi connectivity index (χ0) is 16.4. The van der Waals surface area contributed by atoms with E-state index in [1.165, 1.54) is 5.56 Å². The third kappa shape index (κ3) is 3.43. The molecule has 1 aromatic carbocycles. The Bertz CT molecular complexity index is 558. The molecular formula is C19H28N2O2. The molecule has 0 aliphatic carbocycles. The topological polar surface area (TPSA) is 43.8 Å². The van der Waals surface area contributed by atoms with Crippen LogP contribution in [0.5, 0.6) is 0 Å². The maximum absolute atomic E-state index is 13.1. The maximum Gasteiger partial charge on any atom is 0.244 e. The lowest BCUT2D eigenvalue weighted by atomic mass is 9.92. The molecule has 3 unspecified atom stereocenters. The van der Waals surface area contributed by atoms with E-state index in [2.05, 4.69) is 17.0 Å². The van der Waals surface area contributed by atoms with E-state index in [-0.39, 0.29) is 24.0 Å². The van der Waals surface area contributed by atoms with E-state index in [9.17, 15) is 9.90 Å². The van der Waals surface area contributed by atoms with E-state index >= 15 is 0 Å². The minimum Gasteiger partial charge on any atom is -0.393 e. The van der Waals surface area contributed by atoms with Crippen molar-refractivity contribution < 1.29 is 9.90 Å². The molecule has 23 heavy (non-hydrogen) atoms. The Hall–Kier alpha value is -1.39. The molecule has 126 valence electrons. The highest BCUT2D eigenvalue weighted by Crippen LogP contribution is 2.29. The average Bonchev–Trinajstić information content (AvgIpc) is 2.60. The van der Waals surface area contributed by atoms with Crippen molar-refractivity contribution in [2.45, 2.75) is 51.7 Å². The summed E-state index contributed by atoms with van der Waals surface area (Å²) in [5.74, 6) is 0.482. The summed E-state index contributed by atoms with van der Waals surface area (Å²) in [6.45, 7) is 6.46. The fraction of sp³-hybridized carbons (Fsp3) is 0.632. The lowest BCUT2D eigenvalue weighted by molar-refractivity contribution is -0.124. The van der Waals surface area contributed by atoms with Crippen molar-refractivity contribution in [3.05, 3.63) is 29.8 Å². The first-order valence-corrected chi connectivity index (χ1v) is 8.89. The number of nitrogens with zero attached hydrogens (tertiary/aromatic N) is 2. The van der Waals surface area contributed by atoms with Crippen LogP contribution in [0.2, 0.25) is 0 Å². The number of para-hydroxylation sites is 1. The molecule has 0 aromatic heterocycles. The van der Waals surface area contributed by atoms with Crippen LogP contribution >= 0.6 is 0 Å². The van der Waals surface area contributed by atoms with Crippen LogP contribution in [-0.2, 0) is 11.2 Å². The summed E-state index contributed by atoms with van der Waals surface area (Å²) in [6.07, 6.45) is 3.91. The van der Waals surface area contributed by atoms with Gasteiger partial charge in [0.25, 0.3) is 0 Å². The predicted molar refractivity (Wildman–Crippen MR) is 92.6 cm³/mol. The van der Waals surface area contributed by atoms with E-state index in [0.29, 0.717) is 0 Å². The molecular weight excluding hydrogens is 288 g/mol. The Labute approximate surface area is 139 Å². The molecule has 0 radical (unpaired) electrons. The molecule has 0 saturated carbocycles. The number of likely N-dealkylation sites (tertiary alicyclic amines) is 1. The summed E-state index contributed by atoms with van der Waals surface area (Å²) in [7, 11) is 0. The number of fused-ring (bicyclic) bond motifs is 1. The van der Waals surface area contributed by atoms with Crippen LogP contribution in [-0.4, -0.2) is 47.7 Å². The summed E-state index contributed by atoms with van der Waals surface area (Å²) in [4.78, 5) is 17.3. The Kier molecular flexibility index (Phi) is 5.02. The number of piperidine rings is 1. The summed E-state index contributed by atoms with van der Waals surface area (Å²) in [6, 6.07) is 8.13. The minimum atomic E-state index is -0.296. The van der Waals surface area contributed by atoms with Crippen molar-refractivity contribution in [2.75, 3.05) is 24.5 Å². The summed E-state index contributed by atoms with van der Waals surface area (Å²) >= 11 is 0. The molecule has 1 amide bonds. The number of hydrogen-bond acceptors (Lipinski definition) is 3. The van der Waals surface area contributed by atoms with E-state index < -0.39 is 0 Å². The number of benzene rings is 1. The second-order valence-corrected chi connectivity index (χ2v) is 7.04. The number of carbonyl (C=O) groups is 1. The number of aliphatic hydroxyl groups is 1. The lowest BCUT2D eigenvalue weighted by Gasteiger charge is -2.40. The number of anilines is 1. The van der Waals surface area contributed by atoms with Crippen molar-refractivity contribution in [3.63, 3.8) is 0 Å². The Balaban J connectivity index is 1.73. The Morgan fingerprint density at radius 2 is 2.00 bits per heavy atom. The molecule has 3 rings (SSSR count). The number of aryl methyl sites for hydroxylation is 1. The van der Waals surface area contributed by atoms with Gasteiger partial charge in [0.2, 0.25) is 5.91 Å². The molecule has 1 saturated heterocycles. The van der Waals surface area contributed by atoms with Crippen LogP contribution in [0.25, 0.3) is 0 Å². The summed E-state index contributed by atoms with van der Waals surface area (Å²) < 4.78 is 0. The van der Waals surface area contributed by atoms with E-state index in [4.69, 9.17) is 0 Å². The second-order valence-electron chi connectivity index (χ2n) is 7.04. The first-order chi connectivity index (χ1) is 11.1. The molecule has 3 atom stereocenters. The van der Waals surface area contributed by atoms with Gasteiger partial charge in [0.1, 0.15) is 0 Å². The van der Waals surface area contributed by atoms with Gasteiger partial charge in [0, 0.05) is 18.8 Å². The van der Waals surface area contributed by atoms with E-state index in [0.717, 1.165) is 51.0 Å². The standard InChI is InChI=1S/C19H28N2O2/c1-14(20-11-5-9-17(13-20)15(2)22)19(23)21-12-6-8-16-7-3-4-10-18(16)21/h3-4,7,10,14-15,17,22H,5-6,8-9,11-13H2,1-2H3. The van der Waals surface area contributed by atoms with Crippen molar-refractivity contribution in [1.82, 2.24) is 4.90 Å². The number of rotatable bonds is 3. The van der Waals surface area contributed by atoms with Crippen LogP contribution in [0.3, 0.4) is 0 Å². The lowest BCUT2D eigenvalue weighted by Crippen LogP contribution is -2.52. The first kappa shape index (κ1) is 16.5. The largest absolute Gasteiger partial charge is 0.393 e. The molecule has 1 N–H and O–H groups in total. The third-order valence-electron chi connectivity index (χ3n) is 5.45. The average molecular weight is 316 g/mol. The van der Waals surface area contributed by atoms with Gasteiger partial charge in [-0.25, -0.2) is 0 Å². The van der Waals surface area contributed by atoms with Gasteiger partial charge in [-0.2, -0.15) is 0 Å². The first-order valence-electron chi connectivity index (χ1n) is 8.89. The normalized spacial score (nSPS) is 24.8. The van der Waals surface area contributed by atoms with Crippen molar-refractivity contribution in [1.29, 1.82) is 0 Å². The van der Waals surface area contributed by atoms with Crippen LogP contribution < -0.4 is 4.90 Å². The number of hydrogen-bond donors (Lipinski definition) is 1. The van der Waals surface area contributed by atoms with Gasteiger partial charge in [0.05, 0.1) is 12.1 Å². The molecule has 2 aliphatic heterocycles. The van der Waals surface area contributed by atoms with Crippen molar-refractivity contribution >= 4 is 11.6 Å². The molecule has 0 spiro atoms. The van der Waals surface area contributed by atoms with Gasteiger partial charge in [-0.15, -0.1) is 0 Å². The molecule has 1 fully saturated rings. The van der Waals surface area contributed by atoms with Gasteiger partial charge >= 0.3 is 0 Å². The van der Waals surface area contributed by atoms with Gasteiger partial charge in [0.15, 0.2) is 0 Å². The van der Waals surface area contributed by atoms with Crippen molar-refractivity contribution in [2.24, 2.45) is 5.92 Å². The van der Waals surface area contributed by atoms with Crippen LogP contribution in [0.1, 0.15) is 38.7 Å². The van der Waals surface area contributed by atoms with Crippen LogP contribution in [0.4, 0.5) is 5.69 Å². The summed E-state index contributed by atoms with van der Waals surface area (Å²) in [5.41, 5.74) is 2.36. The quantitative estimate of drug-likeness (QED) is 0.931. The van der Waals surface area contributed by atoms with Gasteiger partial charge in [-0.05, 0) is 63.6 Å². The van der Waals surface area contributed by atoms with Gasteiger partial charge in [-0.3, -0.25) is 9.69 Å². The van der Waals surface area contributed by atoms with Crippen LogP contribution in [0, 0.1) is 5.92 Å².